The van der Waals surface area contributed by atoms with Crippen LogP contribution in [0.1, 0.15) is 22.3 Å². The van der Waals surface area contributed by atoms with Crippen LogP contribution < -0.4 is 9.47 Å². The standard InChI is InChI=1S/C34H46O8S2/c1-9-31(35)41-29(19-37-11-13-43-7)21-39-33-23(3)15-27(16-24(33)4)28-17-25(5)34(26(6)18-28)40-22-30(42-32(36)10-2)20-38-12-14-44-8/h9-10,15-18,29-30H,1-2,11-14,19-22H2,3-8H3. The molecule has 2 unspecified atom stereocenters. The van der Waals surface area contributed by atoms with Gasteiger partial charge in [0.25, 0.3) is 0 Å². The van der Waals surface area contributed by atoms with E-state index >= 15 is 0 Å². The third kappa shape index (κ3) is 12.6. The summed E-state index contributed by atoms with van der Waals surface area (Å²) in [4.78, 5) is 23.7. The molecule has 0 aliphatic heterocycles. The van der Waals surface area contributed by atoms with Gasteiger partial charge in [0.15, 0.2) is 12.2 Å². The van der Waals surface area contributed by atoms with Crippen LogP contribution in [0.25, 0.3) is 11.1 Å². The van der Waals surface area contributed by atoms with Crippen LogP contribution in [0.5, 0.6) is 11.5 Å². The zero-order valence-corrected chi connectivity index (χ0v) is 28.4. The van der Waals surface area contributed by atoms with E-state index < -0.39 is 24.1 Å². The average molecular weight is 647 g/mol. The molecule has 2 aromatic carbocycles. The highest BCUT2D eigenvalue weighted by Gasteiger charge is 2.19. The van der Waals surface area contributed by atoms with Crippen LogP contribution >= 0.6 is 23.5 Å². The molecule has 0 spiro atoms. The predicted octanol–water partition coefficient (Wildman–Crippen LogP) is 6.30. The van der Waals surface area contributed by atoms with E-state index in [1.165, 1.54) is 0 Å². The Labute approximate surface area is 270 Å². The fourth-order valence-corrected chi connectivity index (χ4v) is 4.98. The number of ether oxygens (including phenoxy) is 6. The maximum absolute atomic E-state index is 11.8. The minimum absolute atomic E-state index is 0.163. The van der Waals surface area contributed by atoms with E-state index in [9.17, 15) is 9.59 Å². The molecule has 10 heteroatoms. The first kappa shape index (κ1) is 37.3. The van der Waals surface area contributed by atoms with E-state index in [1.54, 1.807) is 23.5 Å². The molecule has 2 aromatic rings. The molecule has 0 radical (unpaired) electrons. The molecule has 2 rings (SSSR count). The fourth-order valence-electron chi connectivity index (χ4n) is 4.41. The molecule has 0 aromatic heterocycles. The Morgan fingerprint density at radius 3 is 1.30 bits per heavy atom. The van der Waals surface area contributed by atoms with Crippen molar-refractivity contribution < 1.29 is 38.0 Å². The summed E-state index contributed by atoms with van der Waals surface area (Å²) in [6, 6.07) is 8.31. The van der Waals surface area contributed by atoms with Crippen molar-refractivity contribution in [3.63, 3.8) is 0 Å². The number of benzene rings is 2. The maximum Gasteiger partial charge on any atom is 0.330 e. The minimum Gasteiger partial charge on any atom is -0.489 e. The fraction of sp³-hybridized carbons (Fsp3) is 0.471. The number of hydrogen-bond donors (Lipinski definition) is 0. The Balaban J connectivity index is 2.15. The summed E-state index contributed by atoms with van der Waals surface area (Å²) >= 11 is 3.37. The van der Waals surface area contributed by atoms with Crippen molar-refractivity contribution >= 4 is 35.5 Å². The van der Waals surface area contributed by atoms with Crippen molar-refractivity contribution in [2.75, 3.05) is 63.7 Å². The number of thioether (sulfide) groups is 2. The predicted molar refractivity (Wildman–Crippen MR) is 180 cm³/mol. The largest absolute Gasteiger partial charge is 0.489 e. The van der Waals surface area contributed by atoms with Crippen molar-refractivity contribution in [2.24, 2.45) is 0 Å². The van der Waals surface area contributed by atoms with Crippen molar-refractivity contribution in [1.29, 1.82) is 0 Å². The van der Waals surface area contributed by atoms with Gasteiger partial charge >= 0.3 is 11.9 Å². The number of aryl methyl sites for hydroxylation is 4. The minimum atomic E-state index is -0.555. The lowest BCUT2D eigenvalue weighted by Gasteiger charge is -2.21. The Bertz CT molecular complexity index is 1100. The first-order valence-electron chi connectivity index (χ1n) is 14.4. The lowest BCUT2D eigenvalue weighted by molar-refractivity contribution is -0.148. The van der Waals surface area contributed by atoms with Gasteiger partial charge < -0.3 is 28.4 Å². The summed E-state index contributed by atoms with van der Waals surface area (Å²) in [5.74, 6) is 2.17. The smallest absolute Gasteiger partial charge is 0.330 e. The molecule has 8 nitrogen and oxygen atoms in total. The summed E-state index contributed by atoms with van der Waals surface area (Å²) in [6.45, 7) is 16.9. The molecule has 242 valence electrons. The SMILES string of the molecule is C=CC(=O)OC(COCCSC)COc1c(C)cc(-c2cc(C)c(OCC(COCCSC)OC(=O)C=C)c(C)c2)cc1C. The van der Waals surface area contributed by atoms with Crippen molar-refractivity contribution in [2.45, 2.75) is 39.9 Å². The van der Waals surface area contributed by atoms with Gasteiger partial charge in [-0.2, -0.15) is 23.5 Å². The highest BCUT2D eigenvalue weighted by Crippen LogP contribution is 2.34. The monoisotopic (exact) mass is 646 g/mol. The molecular weight excluding hydrogens is 601 g/mol. The van der Waals surface area contributed by atoms with E-state index in [0.29, 0.717) is 13.2 Å². The lowest BCUT2D eigenvalue weighted by atomic mass is 9.96. The summed E-state index contributed by atoms with van der Waals surface area (Å²) in [5, 5.41) is 0. The van der Waals surface area contributed by atoms with Gasteiger partial charge in [0.1, 0.15) is 24.7 Å². The van der Waals surface area contributed by atoms with Gasteiger partial charge in [-0.05, 0) is 97.9 Å². The van der Waals surface area contributed by atoms with E-state index in [2.05, 4.69) is 37.4 Å². The molecule has 44 heavy (non-hydrogen) atoms. The van der Waals surface area contributed by atoms with Gasteiger partial charge in [0, 0.05) is 23.7 Å². The quantitative estimate of drug-likeness (QED) is 0.0875. The van der Waals surface area contributed by atoms with Crippen LogP contribution in [0.15, 0.2) is 49.6 Å². The normalized spacial score (nSPS) is 12.2. The van der Waals surface area contributed by atoms with Crippen LogP contribution in [0.4, 0.5) is 0 Å². The molecule has 0 aliphatic rings. The summed E-state index contributed by atoms with van der Waals surface area (Å²) < 4.78 is 34.5. The van der Waals surface area contributed by atoms with E-state index in [1.807, 2.05) is 40.2 Å². The number of carbonyl (C=O) groups is 2. The van der Waals surface area contributed by atoms with Crippen LogP contribution in [-0.2, 0) is 28.5 Å². The highest BCUT2D eigenvalue weighted by atomic mass is 32.2. The Morgan fingerprint density at radius 2 is 1.00 bits per heavy atom. The van der Waals surface area contributed by atoms with Gasteiger partial charge in [0.2, 0.25) is 0 Å². The van der Waals surface area contributed by atoms with Crippen molar-refractivity contribution in [3.05, 3.63) is 71.8 Å². The second-order valence-corrected chi connectivity index (χ2v) is 12.1. The average Bonchev–Trinajstić information content (AvgIpc) is 2.99. The molecule has 0 amide bonds. The number of carbonyl (C=O) groups excluding carboxylic acids is 2. The zero-order chi connectivity index (χ0) is 32.5. The molecule has 0 saturated heterocycles. The molecule has 2 atom stereocenters. The second kappa shape index (κ2) is 20.2. The first-order chi connectivity index (χ1) is 21.1. The molecule has 0 heterocycles. The zero-order valence-electron chi connectivity index (χ0n) is 26.8. The lowest BCUT2D eigenvalue weighted by Crippen LogP contribution is -2.30. The molecule has 0 N–H and O–H groups in total. The second-order valence-electron chi connectivity index (χ2n) is 10.2. The third-order valence-corrected chi connectivity index (χ3v) is 7.60. The van der Waals surface area contributed by atoms with E-state index in [0.717, 1.165) is 68.5 Å². The van der Waals surface area contributed by atoms with E-state index in [4.69, 9.17) is 28.4 Å². The Kier molecular flexibility index (Phi) is 17.1. The first-order valence-corrected chi connectivity index (χ1v) is 17.2. The molecule has 0 saturated carbocycles. The van der Waals surface area contributed by atoms with E-state index in [-0.39, 0.29) is 26.4 Å². The Hall–Kier alpha value is -2.92. The van der Waals surface area contributed by atoms with Crippen molar-refractivity contribution in [1.82, 2.24) is 0 Å². The number of esters is 2. The summed E-state index contributed by atoms with van der Waals surface area (Å²) in [5.41, 5.74) is 5.92. The highest BCUT2D eigenvalue weighted by molar-refractivity contribution is 7.98. The topological polar surface area (TPSA) is 89.5 Å². The summed E-state index contributed by atoms with van der Waals surface area (Å²) in [6.07, 6.45) is 5.18. The molecule has 0 bridgehead atoms. The van der Waals surface area contributed by atoms with Crippen LogP contribution in [0.3, 0.4) is 0 Å². The molecule has 0 aliphatic carbocycles. The third-order valence-electron chi connectivity index (χ3n) is 6.45. The Morgan fingerprint density at radius 1 is 0.659 bits per heavy atom. The van der Waals surface area contributed by atoms with Gasteiger partial charge in [-0.3, -0.25) is 0 Å². The molecule has 0 fully saturated rings. The maximum atomic E-state index is 11.8. The molecular formula is C34H46O8S2. The van der Waals surface area contributed by atoms with Crippen LogP contribution in [0, 0.1) is 27.7 Å². The van der Waals surface area contributed by atoms with Gasteiger partial charge in [-0.1, -0.05) is 13.2 Å². The van der Waals surface area contributed by atoms with Crippen LogP contribution in [-0.4, -0.2) is 87.8 Å². The van der Waals surface area contributed by atoms with Gasteiger partial charge in [0.05, 0.1) is 26.4 Å². The number of hydrogen-bond acceptors (Lipinski definition) is 10. The summed E-state index contributed by atoms with van der Waals surface area (Å²) in [7, 11) is 0. The van der Waals surface area contributed by atoms with Crippen LogP contribution in [0.2, 0.25) is 0 Å². The van der Waals surface area contributed by atoms with Gasteiger partial charge in [-0.25, -0.2) is 9.59 Å². The van der Waals surface area contributed by atoms with Gasteiger partial charge in [-0.15, -0.1) is 0 Å². The number of rotatable bonds is 21. The van der Waals surface area contributed by atoms with Crippen molar-refractivity contribution in [3.8, 4) is 22.6 Å².